The summed E-state index contributed by atoms with van der Waals surface area (Å²) in [5, 5.41) is 0. The first-order chi connectivity index (χ1) is 12.5. The fourth-order valence-corrected chi connectivity index (χ4v) is 3.97. The smallest absolute Gasteiger partial charge is 0.309 e. The molecular formula is C21H24BrNO3. The molecule has 0 atom stereocenters. The zero-order valence-corrected chi connectivity index (χ0v) is 16.8. The van der Waals surface area contributed by atoms with E-state index in [-0.39, 0.29) is 24.3 Å². The van der Waals surface area contributed by atoms with Gasteiger partial charge in [0.05, 0.1) is 5.92 Å². The molecule has 1 aromatic carbocycles. The van der Waals surface area contributed by atoms with Gasteiger partial charge in [0.25, 0.3) is 0 Å². The van der Waals surface area contributed by atoms with Gasteiger partial charge in [0.15, 0.2) is 6.61 Å². The number of Topliss-reactive ketones (excluding diaryl/α,β-unsaturated/α-hetero) is 1. The standard InChI is InChI=1S/C21H24BrNO3/c1-14-12-19(15(2)23(14)18-10-8-17(22)9-11-18)20(24)13-26-21(25)16-6-4-3-5-7-16/h8-12,16H,3-7,13H2,1-2H3. The highest BCUT2D eigenvalue weighted by molar-refractivity contribution is 9.10. The number of carbonyl (C=O) groups is 2. The molecule has 26 heavy (non-hydrogen) atoms. The maximum absolute atomic E-state index is 12.6. The number of benzene rings is 1. The number of halogens is 1. The Morgan fingerprint density at radius 2 is 1.77 bits per heavy atom. The molecule has 0 amide bonds. The number of esters is 1. The predicted octanol–water partition coefficient (Wildman–Crippen LogP) is 5.16. The number of ketones is 1. The van der Waals surface area contributed by atoms with E-state index >= 15 is 0 Å². The number of aryl methyl sites for hydroxylation is 1. The van der Waals surface area contributed by atoms with Crippen LogP contribution in [0.1, 0.15) is 53.8 Å². The normalized spacial score (nSPS) is 15.0. The molecule has 5 heteroatoms. The minimum Gasteiger partial charge on any atom is -0.457 e. The largest absolute Gasteiger partial charge is 0.457 e. The van der Waals surface area contributed by atoms with E-state index in [4.69, 9.17) is 4.74 Å². The van der Waals surface area contributed by atoms with Crippen molar-refractivity contribution in [2.75, 3.05) is 6.61 Å². The van der Waals surface area contributed by atoms with Crippen molar-refractivity contribution in [2.45, 2.75) is 46.0 Å². The molecule has 138 valence electrons. The van der Waals surface area contributed by atoms with Crippen LogP contribution in [0.15, 0.2) is 34.8 Å². The molecule has 1 aliphatic carbocycles. The maximum Gasteiger partial charge on any atom is 0.309 e. The maximum atomic E-state index is 12.6. The van der Waals surface area contributed by atoms with Crippen LogP contribution >= 0.6 is 15.9 Å². The molecule has 4 nitrogen and oxygen atoms in total. The molecule has 0 saturated heterocycles. The van der Waals surface area contributed by atoms with Gasteiger partial charge >= 0.3 is 5.97 Å². The first-order valence-electron chi connectivity index (χ1n) is 9.12. The van der Waals surface area contributed by atoms with Gasteiger partial charge in [-0.1, -0.05) is 35.2 Å². The lowest BCUT2D eigenvalue weighted by atomic mass is 9.89. The summed E-state index contributed by atoms with van der Waals surface area (Å²) in [5.74, 6) is -0.405. The summed E-state index contributed by atoms with van der Waals surface area (Å²) in [6, 6.07) is 9.82. The van der Waals surface area contributed by atoms with Crippen LogP contribution in [0.25, 0.3) is 5.69 Å². The van der Waals surface area contributed by atoms with E-state index in [0.29, 0.717) is 5.56 Å². The van der Waals surface area contributed by atoms with Crippen LogP contribution in [-0.4, -0.2) is 22.9 Å². The third kappa shape index (κ3) is 4.09. The third-order valence-electron chi connectivity index (χ3n) is 5.10. The van der Waals surface area contributed by atoms with E-state index in [1.807, 2.05) is 48.7 Å². The second-order valence-electron chi connectivity index (χ2n) is 6.96. The predicted molar refractivity (Wildman–Crippen MR) is 105 cm³/mol. The Balaban J connectivity index is 1.71. The minimum absolute atomic E-state index is 0.0354. The van der Waals surface area contributed by atoms with Crippen molar-refractivity contribution in [1.82, 2.24) is 4.57 Å². The average molecular weight is 418 g/mol. The van der Waals surface area contributed by atoms with E-state index in [1.165, 1.54) is 6.42 Å². The number of rotatable bonds is 5. The van der Waals surface area contributed by atoms with Crippen LogP contribution in [0.4, 0.5) is 0 Å². The molecule has 0 bridgehead atoms. The summed E-state index contributed by atoms with van der Waals surface area (Å²) in [5.41, 5.74) is 3.46. The summed E-state index contributed by atoms with van der Waals surface area (Å²) in [7, 11) is 0. The number of nitrogens with zero attached hydrogens (tertiary/aromatic N) is 1. The highest BCUT2D eigenvalue weighted by Crippen LogP contribution is 2.25. The zero-order chi connectivity index (χ0) is 18.7. The number of ether oxygens (including phenoxy) is 1. The first-order valence-corrected chi connectivity index (χ1v) is 9.91. The van der Waals surface area contributed by atoms with E-state index in [0.717, 1.165) is 47.2 Å². The number of hydrogen-bond donors (Lipinski definition) is 0. The van der Waals surface area contributed by atoms with Crippen molar-refractivity contribution in [3.63, 3.8) is 0 Å². The SMILES string of the molecule is Cc1cc(C(=O)COC(=O)C2CCCCC2)c(C)n1-c1ccc(Br)cc1. The Kier molecular flexibility index (Phi) is 5.97. The Labute approximate surface area is 162 Å². The van der Waals surface area contributed by atoms with E-state index in [1.54, 1.807) is 0 Å². The Hall–Kier alpha value is -1.88. The average Bonchev–Trinajstić information content (AvgIpc) is 2.95. The zero-order valence-electron chi connectivity index (χ0n) is 15.3. The molecule has 0 radical (unpaired) electrons. The van der Waals surface area contributed by atoms with Crippen molar-refractivity contribution in [3.8, 4) is 5.69 Å². The van der Waals surface area contributed by atoms with Gasteiger partial charge in [-0.3, -0.25) is 9.59 Å². The lowest BCUT2D eigenvalue weighted by molar-refractivity contribution is -0.148. The van der Waals surface area contributed by atoms with Gasteiger partial charge in [-0.05, 0) is 57.0 Å². The van der Waals surface area contributed by atoms with Crippen LogP contribution in [0.5, 0.6) is 0 Å². The second-order valence-corrected chi connectivity index (χ2v) is 7.88. The molecule has 1 fully saturated rings. The first kappa shape index (κ1) is 18.9. The van der Waals surface area contributed by atoms with Crippen molar-refractivity contribution in [3.05, 3.63) is 51.8 Å². The molecule has 1 aromatic heterocycles. The van der Waals surface area contributed by atoms with Gasteiger partial charge in [-0.15, -0.1) is 0 Å². The van der Waals surface area contributed by atoms with Crippen molar-refractivity contribution in [2.24, 2.45) is 5.92 Å². The van der Waals surface area contributed by atoms with Gasteiger partial charge in [0.1, 0.15) is 0 Å². The highest BCUT2D eigenvalue weighted by atomic mass is 79.9. The van der Waals surface area contributed by atoms with Gasteiger partial charge < -0.3 is 9.30 Å². The Bertz CT molecular complexity index is 801. The summed E-state index contributed by atoms with van der Waals surface area (Å²) >= 11 is 3.44. The topological polar surface area (TPSA) is 48.3 Å². The lowest BCUT2D eigenvalue weighted by Crippen LogP contribution is -2.23. The van der Waals surface area contributed by atoms with Crippen LogP contribution in [0.2, 0.25) is 0 Å². The van der Waals surface area contributed by atoms with Gasteiger partial charge in [0.2, 0.25) is 5.78 Å². The molecule has 3 rings (SSSR count). The van der Waals surface area contributed by atoms with E-state index in [2.05, 4.69) is 15.9 Å². The fraction of sp³-hybridized carbons (Fsp3) is 0.429. The molecule has 0 spiro atoms. The lowest BCUT2D eigenvalue weighted by Gasteiger charge is -2.19. The van der Waals surface area contributed by atoms with Crippen LogP contribution < -0.4 is 0 Å². The van der Waals surface area contributed by atoms with Crippen molar-refractivity contribution in [1.29, 1.82) is 0 Å². The Morgan fingerprint density at radius 3 is 2.42 bits per heavy atom. The summed E-state index contributed by atoms with van der Waals surface area (Å²) < 4.78 is 8.37. The molecule has 1 aliphatic rings. The number of aromatic nitrogens is 1. The number of hydrogen-bond acceptors (Lipinski definition) is 3. The monoisotopic (exact) mass is 417 g/mol. The minimum atomic E-state index is -0.222. The second kappa shape index (κ2) is 8.21. The molecule has 0 aliphatic heterocycles. The van der Waals surface area contributed by atoms with Gasteiger partial charge in [-0.25, -0.2) is 0 Å². The molecule has 1 heterocycles. The molecule has 0 N–H and O–H groups in total. The quantitative estimate of drug-likeness (QED) is 0.498. The van der Waals surface area contributed by atoms with Crippen molar-refractivity contribution >= 4 is 27.7 Å². The number of carbonyl (C=O) groups excluding carboxylic acids is 2. The summed E-state index contributed by atoms with van der Waals surface area (Å²) in [4.78, 5) is 24.8. The third-order valence-corrected chi connectivity index (χ3v) is 5.63. The molecule has 0 unspecified atom stereocenters. The summed E-state index contributed by atoms with van der Waals surface area (Å²) in [6.45, 7) is 3.71. The Morgan fingerprint density at radius 1 is 1.12 bits per heavy atom. The molecule has 1 saturated carbocycles. The highest BCUT2D eigenvalue weighted by Gasteiger charge is 2.24. The van der Waals surface area contributed by atoms with Crippen LogP contribution in [0.3, 0.4) is 0 Å². The van der Waals surface area contributed by atoms with E-state index in [9.17, 15) is 9.59 Å². The fourth-order valence-electron chi connectivity index (χ4n) is 3.70. The van der Waals surface area contributed by atoms with Crippen LogP contribution in [0, 0.1) is 19.8 Å². The van der Waals surface area contributed by atoms with E-state index < -0.39 is 0 Å². The van der Waals surface area contributed by atoms with Crippen LogP contribution in [-0.2, 0) is 9.53 Å². The molecule has 2 aromatic rings. The van der Waals surface area contributed by atoms with Crippen molar-refractivity contribution < 1.29 is 14.3 Å². The molecular weight excluding hydrogens is 394 g/mol. The van der Waals surface area contributed by atoms with Gasteiger partial charge in [0, 0.05) is 27.1 Å². The van der Waals surface area contributed by atoms with Gasteiger partial charge in [-0.2, -0.15) is 0 Å². The summed E-state index contributed by atoms with van der Waals surface area (Å²) in [6.07, 6.45) is 5.09.